The number of aromatic nitrogens is 3. The molecule has 1 amide bonds. The molecule has 0 radical (unpaired) electrons. The molecule has 11 heteroatoms. The number of nitrogens with zero attached hydrogens (tertiary/aromatic N) is 3. The van der Waals surface area contributed by atoms with Crippen molar-refractivity contribution in [1.82, 2.24) is 13.7 Å². The summed E-state index contributed by atoms with van der Waals surface area (Å²) in [6.45, 7) is 5.20. The van der Waals surface area contributed by atoms with Gasteiger partial charge in [0.25, 0.3) is 11.1 Å². The molecule has 1 saturated carbocycles. The van der Waals surface area contributed by atoms with Crippen molar-refractivity contribution in [2.75, 3.05) is 10.6 Å². The highest BCUT2D eigenvalue weighted by atomic mass is 127. The molecule has 2 aliphatic rings. The first-order chi connectivity index (χ1) is 18.4. The number of halogens is 2. The molecule has 9 nitrogen and oxygen atoms in total. The van der Waals surface area contributed by atoms with Crippen molar-refractivity contribution < 1.29 is 9.18 Å². The summed E-state index contributed by atoms with van der Waals surface area (Å²) in [4.78, 5) is 53.9. The van der Waals surface area contributed by atoms with Crippen LogP contribution in [0.2, 0.25) is 0 Å². The standard InChI is InChI=1S/C28H25FIN5O4/c1-13-22-21(23(33(4)24(13)36)31-19-10-5-14(30)11-18(19)29)25(37)35(15-6-7-15)27(39)34(22)16-8-9-17-20(12-16)32-26(38)28(17,2)3/h5,8-12,15,31H,6-7H2,1-4H3,(H,32,38). The van der Waals surface area contributed by atoms with E-state index in [0.717, 1.165) is 5.56 Å². The molecule has 2 aromatic carbocycles. The van der Waals surface area contributed by atoms with Crippen molar-refractivity contribution in [2.24, 2.45) is 7.05 Å². The molecule has 6 rings (SSSR count). The summed E-state index contributed by atoms with van der Waals surface area (Å²) in [6.07, 6.45) is 1.35. The fourth-order valence-corrected chi connectivity index (χ4v) is 5.75. The summed E-state index contributed by atoms with van der Waals surface area (Å²) in [5.74, 6) is -0.619. The van der Waals surface area contributed by atoms with Crippen molar-refractivity contribution in [3.8, 4) is 5.69 Å². The Hall–Kier alpha value is -3.74. The largest absolute Gasteiger partial charge is 0.338 e. The van der Waals surface area contributed by atoms with Gasteiger partial charge in [0, 0.05) is 27.9 Å². The molecule has 3 heterocycles. The summed E-state index contributed by atoms with van der Waals surface area (Å²) in [5.41, 5.74) is -0.118. The molecule has 0 bridgehead atoms. The second-order valence-corrected chi connectivity index (χ2v) is 11.9. The van der Waals surface area contributed by atoms with Gasteiger partial charge in [-0.2, -0.15) is 0 Å². The van der Waals surface area contributed by atoms with Crippen LogP contribution in [0.5, 0.6) is 0 Å². The van der Waals surface area contributed by atoms with Crippen LogP contribution in [-0.2, 0) is 17.3 Å². The van der Waals surface area contributed by atoms with E-state index in [2.05, 4.69) is 10.6 Å². The molecule has 0 unspecified atom stereocenters. The zero-order chi connectivity index (χ0) is 28.0. The first-order valence-electron chi connectivity index (χ1n) is 12.5. The number of rotatable bonds is 4. The SMILES string of the molecule is Cc1c(=O)n(C)c(Nc2ccc(I)cc2F)c2c(=O)n(C3CC3)c(=O)n(-c3ccc4c(c3)NC(=O)C4(C)C)c12. The van der Waals surface area contributed by atoms with Gasteiger partial charge < -0.3 is 10.6 Å². The third-order valence-corrected chi connectivity index (χ3v) is 8.36. The molecule has 0 spiro atoms. The number of pyridine rings is 1. The molecule has 0 atom stereocenters. The molecule has 2 N–H and O–H groups in total. The highest BCUT2D eigenvalue weighted by molar-refractivity contribution is 14.1. The third-order valence-electron chi connectivity index (χ3n) is 7.69. The van der Waals surface area contributed by atoms with Gasteiger partial charge in [0.15, 0.2) is 0 Å². The lowest BCUT2D eigenvalue weighted by atomic mass is 9.86. The van der Waals surface area contributed by atoms with Crippen LogP contribution in [0.15, 0.2) is 50.8 Å². The maximum absolute atomic E-state index is 14.9. The van der Waals surface area contributed by atoms with Gasteiger partial charge in [0.1, 0.15) is 17.0 Å². The Morgan fingerprint density at radius 2 is 1.77 bits per heavy atom. The van der Waals surface area contributed by atoms with Gasteiger partial charge in [-0.05, 0) is 92.1 Å². The number of hydrogen-bond acceptors (Lipinski definition) is 5. The van der Waals surface area contributed by atoms with E-state index in [1.165, 1.54) is 32.9 Å². The number of carbonyl (C=O) groups is 1. The molecule has 1 aliphatic carbocycles. The minimum absolute atomic E-state index is 0.0875. The van der Waals surface area contributed by atoms with Crippen LogP contribution in [0.3, 0.4) is 0 Å². The number of carbonyl (C=O) groups excluding carboxylic acids is 1. The summed E-state index contributed by atoms with van der Waals surface area (Å²) in [5, 5.41) is 5.94. The van der Waals surface area contributed by atoms with Crippen LogP contribution in [0, 0.1) is 16.3 Å². The molecule has 200 valence electrons. The highest BCUT2D eigenvalue weighted by Gasteiger charge is 2.39. The average Bonchev–Trinajstić information content (AvgIpc) is 3.68. The van der Waals surface area contributed by atoms with Crippen LogP contribution in [0.1, 0.15) is 43.9 Å². The molecular formula is C28H25FIN5O4. The Labute approximate surface area is 235 Å². The van der Waals surface area contributed by atoms with Crippen LogP contribution >= 0.6 is 22.6 Å². The summed E-state index contributed by atoms with van der Waals surface area (Å²) in [7, 11) is 1.51. The number of benzene rings is 2. The highest BCUT2D eigenvalue weighted by Crippen LogP contribution is 2.39. The number of nitrogens with one attached hydrogen (secondary N) is 2. The van der Waals surface area contributed by atoms with E-state index in [4.69, 9.17) is 0 Å². The number of amides is 1. The lowest BCUT2D eigenvalue weighted by Crippen LogP contribution is -2.41. The maximum atomic E-state index is 14.9. The third kappa shape index (κ3) is 3.77. The Bertz CT molecular complexity index is 1930. The normalized spacial score (nSPS) is 15.9. The predicted octanol–water partition coefficient (Wildman–Crippen LogP) is 4.21. The Morgan fingerprint density at radius 1 is 1.05 bits per heavy atom. The molecule has 2 aromatic heterocycles. The van der Waals surface area contributed by atoms with Gasteiger partial charge in [0.05, 0.1) is 22.3 Å². The van der Waals surface area contributed by atoms with Gasteiger partial charge in [-0.25, -0.2) is 9.18 Å². The van der Waals surface area contributed by atoms with Crippen LogP contribution < -0.4 is 27.4 Å². The fourth-order valence-electron chi connectivity index (χ4n) is 5.29. The first kappa shape index (κ1) is 25.5. The number of anilines is 3. The van der Waals surface area contributed by atoms with Crippen molar-refractivity contribution in [1.29, 1.82) is 0 Å². The molecule has 1 fully saturated rings. The Kier molecular flexibility index (Phi) is 5.65. The van der Waals surface area contributed by atoms with Gasteiger partial charge in [-0.1, -0.05) is 6.07 Å². The van der Waals surface area contributed by atoms with Gasteiger partial charge in [-0.15, -0.1) is 0 Å². The second kappa shape index (κ2) is 8.63. The van der Waals surface area contributed by atoms with E-state index in [0.29, 0.717) is 27.8 Å². The number of hydrogen-bond donors (Lipinski definition) is 2. The summed E-state index contributed by atoms with van der Waals surface area (Å²) in [6, 6.07) is 9.50. The van der Waals surface area contributed by atoms with Crippen LogP contribution in [-0.4, -0.2) is 19.6 Å². The van der Waals surface area contributed by atoms with Gasteiger partial charge in [-0.3, -0.25) is 28.1 Å². The van der Waals surface area contributed by atoms with Crippen molar-refractivity contribution in [2.45, 2.75) is 45.1 Å². The summed E-state index contributed by atoms with van der Waals surface area (Å²) < 4.78 is 19.4. The smallest absolute Gasteiger partial charge is 0.336 e. The van der Waals surface area contributed by atoms with E-state index in [1.54, 1.807) is 31.2 Å². The van der Waals surface area contributed by atoms with E-state index in [1.807, 2.05) is 36.4 Å². The molecular weight excluding hydrogens is 616 g/mol. The van der Waals surface area contributed by atoms with Crippen molar-refractivity contribution in [3.63, 3.8) is 0 Å². The molecule has 39 heavy (non-hydrogen) atoms. The van der Waals surface area contributed by atoms with E-state index >= 15 is 0 Å². The zero-order valence-corrected chi connectivity index (χ0v) is 23.8. The zero-order valence-electron chi connectivity index (χ0n) is 21.7. The van der Waals surface area contributed by atoms with Crippen LogP contribution in [0.25, 0.3) is 16.6 Å². The minimum Gasteiger partial charge on any atom is -0.338 e. The number of aryl methyl sites for hydroxylation is 1. The topological polar surface area (TPSA) is 107 Å². The van der Waals surface area contributed by atoms with Crippen LogP contribution in [0.4, 0.5) is 21.6 Å². The average molecular weight is 641 g/mol. The summed E-state index contributed by atoms with van der Waals surface area (Å²) >= 11 is 2.00. The van der Waals surface area contributed by atoms with Crippen molar-refractivity contribution >= 4 is 56.6 Å². The second-order valence-electron chi connectivity index (χ2n) is 10.6. The van der Waals surface area contributed by atoms with E-state index in [-0.39, 0.29) is 39.9 Å². The van der Waals surface area contributed by atoms with Gasteiger partial charge in [0.2, 0.25) is 5.91 Å². The lowest BCUT2D eigenvalue weighted by molar-refractivity contribution is -0.119. The minimum atomic E-state index is -0.742. The molecule has 4 aromatic rings. The first-order valence-corrected chi connectivity index (χ1v) is 13.6. The Balaban J connectivity index is 1.72. The van der Waals surface area contributed by atoms with Gasteiger partial charge >= 0.3 is 5.69 Å². The molecule has 1 aliphatic heterocycles. The van der Waals surface area contributed by atoms with E-state index < -0.39 is 28.0 Å². The fraction of sp³-hybridized carbons (Fsp3) is 0.286. The maximum Gasteiger partial charge on any atom is 0.336 e. The predicted molar refractivity (Wildman–Crippen MR) is 156 cm³/mol. The van der Waals surface area contributed by atoms with Crippen molar-refractivity contribution in [3.05, 3.63) is 88.1 Å². The molecule has 0 saturated heterocycles. The quantitative estimate of drug-likeness (QED) is 0.325. The Morgan fingerprint density at radius 3 is 2.44 bits per heavy atom. The van der Waals surface area contributed by atoms with E-state index in [9.17, 15) is 23.6 Å². The number of fused-ring (bicyclic) bond motifs is 2. The monoisotopic (exact) mass is 641 g/mol. The lowest BCUT2D eigenvalue weighted by Gasteiger charge is -2.21.